The summed E-state index contributed by atoms with van der Waals surface area (Å²) in [5, 5.41) is 6.63. The Bertz CT molecular complexity index is 944. The van der Waals surface area contributed by atoms with E-state index < -0.39 is 0 Å². The van der Waals surface area contributed by atoms with Crippen LogP contribution in [0, 0.1) is 13.8 Å². The van der Waals surface area contributed by atoms with Gasteiger partial charge in [-0.3, -0.25) is 9.36 Å². The minimum atomic E-state index is -0.375. The average Bonchev–Trinajstić information content (AvgIpc) is 3.08. The fourth-order valence-corrected chi connectivity index (χ4v) is 2.54. The number of rotatable bonds is 5. The van der Waals surface area contributed by atoms with Crippen molar-refractivity contribution in [3.05, 3.63) is 70.1 Å². The van der Waals surface area contributed by atoms with Crippen molar-refractivity contribution in [1.82, 2.24) is 20.0 Å². The fourth-order valence-electron chi connectivity index (χ4n) is 2.54. The summed E-state index contributed by atoms with van der Waals surface area (Å²) in [5.74, 6) is -0.245. The second-order valence-electron chi connectivity index (χ2n) is 5.67. The highest BCUT2D eigenvalue weighted by atomic mass is 16.5. The van der Waals surface area contributed by atoms with Crippen LogP contribution in [-0.2, 0) is 6.54 Å². The van der Waals surface area contributed by atoms with Gasteiger partial charge in [0.05, 0.1) is 0 Å². The van der Waals surface area contributed by atoms with E-state index in [0.29, 0.717) is 17.9 Å². The normalized spacial score (nSPS) is 10.6. The Labute approximate surface area is 144 Å². The van der Waals surface area contributed by atoms with Crippen LogP contribution in [0.1, 0.15) is 21.9 Å². The number of hydrogen-bond acceptors (Lipinski definition) is 5. The van der Waals surface area contributed by atoms with Gasteiger partial charge in [0.2, 0.25) is 5.76 Å². The summed E-state index contributed by atoms with van der Waals surface area (Å²) in [7, 11) is 0. The number of nitrogens with zero attached hydrogens (tertiary/aromatic N) is 3. The highest BCUT2D eigenvalue weighted by Gasteiger charge is 2.13. The molecule has 0 unspecified atom stereocenters. The van der Waals surface area contributed by atoms with Gasteiger partial charge >= 0.3 is 5.69 Å². The molecule has 0 aliphatic heterocycles. The van der Waals surface area contributed by atoms with E-state index in [-0.39, 0.29) is 23.9 Å². The van der Waals surface area contributed by atoms with Crippen LogP contribution in [-0.4, -0.2) is 27.2 Å². The van der Waals surface area contributed by atoms with Gasteiger partial charge in [0.15, 0.2) is 0 Å². The molecule has 25 heavy (non-hydrogen) atoms. The minimum Gasteiger partial charge on any atom is -0.350 e. The first kappa shape index (κ1) is 16.6. The Kier molecular flexibility index (Phi) is 4.74. The van der Waals surface area contributed by atoms with Crippen molar-refractivity contribution in [2.24, 2.45) is 0 Å². The van der Waals surface area contributed by atoms with E-state index in [1.165, 1.54) is 4.57 Å². The maximum atomic E-state index is 12.2. The summed E-state index contributed by atoms with van der Waals surface area (Å²) in [6.07, 6.45) is 0. The molecule has 0 radical (unpaired) electrons. The lowest BCUT2D eigenvalue weighted by atomic mass is 10.1. The second kappa shape index (κ2) is 7.12. The SMILES string of the molecule is Cc1cc(C)n(CCNC(=O)c2cc(-c3ccccc3)no2)c(=O)n1. The van der Waals surface area contributed by atoms with E-state index in [2.05, 4.69) is 15.5 Å². The molecule has 1 aromatic carbocycles. The minimum absolute atomic E-state index is 0.130. The van der Waals surface area contributed by atoms with Crippen molar-refractivity contribution in [3.63, 3.8) is 0 Å². The first-order valence-corrected chi connectivity index (χ1v) is 7.90. The molecular weight excluding hydrogens is 320 g/mol. The van der Waals surface area contributed by atoms with E-state index in [4.69, 9.17) is 4.52 Å². The predicted molar refractivity (Wildman–Crippen MR) is 92.2 cm³/mol. The van der Waals surface area contributed by atoms with Crippen LogP contribution in [0.4, 0.5) is 0 Å². The van der Waals surface area contributed by atoms with Crippen molar-refractivity contribution < 1.29 is 9.32 Å². The third-order valence-corrected chi connectivity index (χ3v) is 3.77. The molecule has 0 aliphatic rings. The van der Waals surface area contributed by atoms with E-state index in [0.717, 1.165) is 11.3 Å². The standard InChI is InChI=1S/C18H18N4O3/c1-12-10-13(2)22(18(24)20-12)9-8-19-17(23)16-11-15(21-25-16)14-6-4-3-5-7-14/h3-7,10-11H,8-9H2,1-2H3,(H,19,23). The molecule has 1 amide bonds. The van der Waals surface area contributed by atoms with Gasteiger partial charge in [-0.1, -0.05) is 35.5 Å². The first-order chi connectivity index (χ1) is 12.0. The molecule has 7 heteroatoms. The Balaban J connectivity index is 1.62. The molecule has 0 fully saturated rings. The molecule has 3 aromatic rings. The number of benzene rings is 1. The van der Waals surface area contributed by atoms with Crippen molar-refractivity contribution in [2.45, 2.75) is 20.4 Å². The number of nitrogens with one attached hydrogen (secondary N) is 1. The molecule has 2 aromatic heterocycles. The average molecular weight is 338 g/mol. The lowest BCUT2D eigenvalue weighted by Crippen LogP contribution is -2.33. The van der Waals surface area contributed by atoms with Gasteiger partial charge in [-0.25, -0.2) is 4.79 Å². The number of aryl methyl sites for hydroxylation is 2. The summed E-state index contributed by atoms with van der Waals surface area (Å²) >= 11 is 0. The maximum absolute atomic E-state index is 12.2. The van der Waals surface area contributed by atoms with Crippen LogP contribution in [0.3, 0.4) is 0 Å². The third kappa shape index (κ3) is 3.82. The van der Waals surface area contributed by atoms with Gasteiger partial charge in [0, 0.05) is 36.1 Å². The number of hydrogen-bond donors (Lipinski definition) is 1. The third-order valence-electron chi connectivity index (χ3n) is 3.77. The van der Waals surface area contributed by atoms with E-state index in [9.17, 15) is 9.59 Å². The Morgan fingerprint density at radius 2 is 1.96 bits per heavy atom. The summed E-state index contributed by atoms with van der Waals surface area (Å²) in [6, 6.07) is 12.9. The molecular formula is C18H18N4O3. The highest BCUT2D eigenvalue weighted by molar-refractivity contribution is 5.92. The van der Waals surface area contributed by atoms with Gasteiger partial charge in [-0.05, 0) is 19.9 Å². The van der Waals surface area contributed by atoms with Crippen LogP contribution in [0.5, 0.6) is 0 Å². The number of carbonyl (C=O) groups is 1. The first-order valence-electron chi connectivity index (χ1n) is 7.90. The summed E-state index contributed by atoms with van der Waals surface area (Å²) in [4.78, 5) is 27.9. The van der Waals surface area contributed by atoms with Gasteiger partial charge in [0.25, 0.3) is 5.91 Å². The Morgan fingerprint density at radius 3 is 2.68 bits per heavy atom. The monoisotopic (exact) mass is 338 g/mol. The Hall–Kier alpha value is -3.22. The number of carbonyl (C=O) groups excluding carboxylic acids is 1. The van der Waals surface area contributed by atoms with E-state index >= 15 is 0 Å². The van der Waals surface area contributed by atoms with Crippen LogP contribution in [0.25, 0.3) is 11.3 Å². The van der Waals surface area contributed by atoms with Crippen molar-refractivity contribution in [1.29, 1.82) is 0 Å². The van der Waals surface area contributed by atoms with Crippen molar-refractivity contribution >= 4 is 5.91 Å². The highest BCUT2D eigenvalue weighted by Crippen LogP contribution is 2.18. The zero-order chi connectivity index (χ0) is 17.8. The molecule has 0 saturated heterocycles. The van der Waals surface area contributed by atoms with Gasteiger partial charge < -0.3 is 9.84 Å². The zero-order valence-electron chi connectivity index (χ0n) is 14.0. The molecule has 128 valence electrons. The molecule has 3 rings (SSSR count). The maximum Gasteiger partial charge on any atom is 0.348 e. The van der Waals surface area contributed by atoms with Gasteiger partial charge in [0.1, 0.15) is 5.69 Å². The van der Waals surface area contributed by atoms with Crippen LogP contribution in [0.2, 0.25) is 0 Å². The number of amides is 1. The van der Waals surface area contributed by atoms with E-state index in [1.807, 2.05) is 43.3 Å². The van der Waals surface area contributed by atoms with Crippen molar-refractivity contribution in [2.75, 3.05) is 6.54 Å². The van der Waals surface area contributed by atoms with Gasteiger partial charge in [-0.2, -0.15) is 4.98 Å². The van der Waals surface area contributed by atoms with Crippen LogP contribution < -0.4 is 11.0 Å². The molecule has 0 aliphatic carbocycles. The molecule has 0 saturated carbocycles. The van der Waals surface area contributed by atoms with Crippen LogP contribution >= 0.6 is 0 Å². The molecule has 7 nitrogen and oxygen atoms in total. The van der Waals surface area contributed by atoms with Crippen molar-refractivity contribution in [3.8, 4) is 11.3 Å². The smallest absolute Gasteiger partial charge is 0.348 e. The predicted octanol–water partition coefficient (Wildman–Crippen LogP) is 1.95. The molecule has 0 spiro atoms. The topological polar surface area (TPSA) is 90.0 Å². The lowest BCUT2D eigenvalue weighted by molar-refractivity contribution is 0.0915. The fraction of sp³-hybridized carbons (Fsp3) is 0.222. The molecule has 0 atom stereocenters. The molecule has 1 N–H and O–H groups in total. The largest absolute Gasteiger partial charge is 0.350 e. The molecule has 2 heterocycles. The quantitative estimate of drug-likeness (QED) is 0.768. The van der Waals surface area contributed by atoms with E-state index in [1.54, 1.807) is 13.0 Å². The molecule has 0 bridgehead atoms. The van der Waals surface area contributed by atoms with Gasteiger partial charge in [-0.15, -0.1) is 0 Å². The number of aromatic nitrogens is 3. The second-order valence-corrected chi connectivity index (χ2v) is 5.67. The summed E-state index contributed by atoms with van der Waals surface area (Å²) < 4.78 is 6.62. The van der Waals surface area contributed by atoms with Crippen LogP contribution in [0.15, 0.2) is 51.8 Å². The lowest BCUT2D eigenvalue weighted by Gasteiger charge is -2.09. The summed E-state index contributed by atoms with van der Waals surface area (Å²) in [6.45, 7) is 4.23. The Morgan fingerprint density at radius 1 is 1.20 bits per heavy atom. The zero-order valence-corrected chi connectivity index (χ0v) is 14.0. The summed E-state index contributed by atoms with van der Waals surface area (Å²) in [5.41, 5.74) is 2.63.